The van der Waals surface area contributed by atoms with Crippen molar-refractivity contribution in [1.82, 2.24) is 10.3 Å². The number of carbonyl (C=O) groups excluding carboxylic acids is 1. The molecule has 3 rings (SSSR count). The number of carbonyl (C=O) groups is 1. The van der Waals surface area contributed by atoms with Gasteiger partial charge in [0.1, 0.15) is 6.10 Å². The van der Waals surface area contributed by atoms with Gasteiger partial charge in [-0.1, -0.05) is 31.4 Å². The van der Waals surface area contributed by atoms with E-state index in [0.29, 0.717) is 18.9 Å². The third kappa shape index (κ3) is 4.15. The van der Waals surface area contributed by atoms with Gasteiger partial charge >= 0.3 is 0 Å². The number of rotatable bonds is 5. The van der Waals surface area contributed by atoms with Crippen LogP contribution in [0.2, 0.25) is 0 Å². The van der Waals surface area contributed by atoms with Crippen LogP contribution in [0.4, 0.5) is 0 Å². The molecule has 2 aliphatic rings. The van der Waals surface area contributed by atoms with Crippen LogP contribution in [0.3, 0.4) is 0 Å². The molecule has 1 aromatic carbocycles. The van der Waals surface area contributed by atoms with Gasteiger partial charge in [-0.25, -0.2) is 8.42 Å². The lowest BCUT2D eigenvalue weighted by Crippen LogP contribution is -2.46. The zero-order valence-electron chi connectivity index (χ0n) is 13.7. The van der Waals surface area contributed by atoms with E-state index in [0.717, 1.165) is 6.42 Å². The van der Waals surface area contributed by atoms with Gasteiger partial charge in [0.2, 0.25) is 0 Å². The summed E-state index contributed by atoms with van der Waals surface area (Å²) in [5, 5.41) is 0. The van der Waals surface area contributed by atoms with Gasteiger partial charge in [0.15, 0.2) is 0 Å². The Morgan fingerprint density at radius 1 is 1.00 bits per heavy atom. The molecule has 1 saturated carbocycles. The van der Waals surface area contributed by atoms with Gasteiger partial charge < -0.3 is 4.74 Å². The van der Waals surface area contributed by atoms with E-state index in [2.05, 4.69) is 10.3 Å². The molecule has 1 aliphatic heterocycles. The lowest BCUT2D eigenvalue weighted by atomic mass is 9.84. The van der Waals surface area contributed by atoms with E-state index in [1.165, 1.54) is 37.7 Å². The van der Waals surface area contributed by atoms with Crippen molar-refractivity contribution in [3.05, 3.63) is 29.8 Å². The summed E-state index contributed by atoms with van der Waals surface area (Å²) in [7, 11) is -3.77. The first kappa shape index (κ1) is 17.4. The smallest absolute Gasteiger partial charge is 0.264 e. The number of sulfonamides is 1. The number of hydrogen-bond acceptors (Lipinski definition) is 4. The number of nitrogens with one attached hydrogen (secondary N) is 2. The molecule has 24 heavy (non-hydrogen) atoms. The van der Waals surface area contributed by atoms with E-state index in [9.17, 15) is 13.2 Å². The third-order valence-corrected chi connectivity index (χ3v) is 6.06. The summed E-state index contributed by atoms with van der Waals surface area (Å²) in [6.07, 6.45) is 6.96. The number of hydrogen-bond donors (Lipinski definition) is 2. The maximum absolute atomic E-state index is 12.3. The molecule has 1 amide bonds. The molecule has 132 valence electrons. The Hall–Kier alpha value is -1.44. The first-order valence-corrected chi connectivity index (χ1v) is 10.1. The van der Waals surface area contributed by atoms with E-state index in [4.69, 9.17) is 4.74 Å². The Bertz CT molecular complexity index is 660. The molecular weight excluding hydrogens is 328 g/mol. The predicted octanol–water partition coefficient (Wildman–Crippen LogP) is 2.22. The lowest BCUT2D eigenvalue weighted by Gasteiger charge is -2.22. The SMILES string of the molecule is O=C(NNS(=O)(=O)c1ccc(C2CCCCC2)cc1)C1CCCO1. The molecule has 2 fully saturated rings. The molecule has 1 saturated heterocycles. The number of amides is 1. The largest absolute Gasteiger partial charge is 0.368 e. The quantitative estimate of drug-likeness (QED) is 0.796. The minimum atomic E-state index is -3.77. The average molecular weight is 352 g/mol. The van der Waals surface area contributed by atoms with E-state index >= 15 is 0 Å². The molecule has 0 bridgehead atoms. The molecule has 2 N–H and O–H groups in total. The summed E-state index contributed by atoms with van der Waals surface area (Å²) in [5.41, 5.74) is 3.43. The fourth-order valence-corrected chi connectivity index (χ4v) is 4.24. The molecule has 7 heteroatoms. The molecule has 0 radical (unpaired) electrons. The van der Waals surface area contributed by atoms with Gasteiger partial charge in [0, 0.05) is 6.61 Å². The first-order valence-electron chi connectivity index (χ1n) is 8.59. The third-order valence-electron chi connectivity index (χ3n) is 4.80. The van der Waals surface area contributed by atoms with Crippen LogP contribution in [-0.4, -0.2) is 27.0 Å². The summed E-state index contributed by atoms with van der Waals surface area (Å²) < 4.78 is 29.8. The van der Waals surface area contributed by atoms with Crippen molar-refractivity contribution in [3.63, 3.8) is 0 Å². The van der Waals surface area contributed by atoms with Crippen LogP contribution in [0, 0.1) is 0 Å². The number of ether oxygens (including phenoxy) is 1. The zero-order chi connectivity index (χ0) is 17.0. The van der Waals surface area contributed by atoms with Crippen molar-refractivity contribution < 1.29 is 17.9 Å². The van der Waals surface area contributed by atoms with Crippen LogP contribution in [0.1, 0.15) is 56.4 Å². The minimum absolute atomic E-state index is 0.148. The van der Waals surface area contributed by atoms with E-state index < -0.39 is 22.0 Å². The maximum atomic E-state index is 12.3. The van der Waals surface area contributed by atoms with Gasteiger partial charge in [-0.15, -0.1) is 4.83 Å². The second kappa shape index (κ2) is 7.63. The van der Waals surface area contributed by atoms with E-state index in [1.54, 1.807) is 12.1 Å². The Balaban J connectivity index is 1.60. The predicted molar refractivity (Wildman–Crippen MR) is 89.7 cm³/mol. The normalized spacial score (nSPS) is 22.4. The van der Waals surface area contributed by atoms with E-state index in [-0.39, 0.29) is 4.90 Å². The van der Waals surface area contributed by atoms with Gasteiger partial charge in [0.05, 0.1) is 4.90 Å². The highest BCUT2D eigenvalue weighted by atomic mass is 32.2. The van der Waals surface area contributed by atoms with E-state index in [1.807, 2.05) is 12.1 Å². The standard InChI is InChI=1S/C17H24N2O4S/c20-17(16-7-4-12-23-16)18-19-24(21,22)15-10-8-14(9-11-15)13-5-2-1-3-6-13/h8-11,13,16,19H,1-7,12H2,(H,18,20). The number of benzene rings is 1. The highest BCUT2D eigenvalue weighted by Gasteiger charge is 2.25. The van der Waals surface area contributed by atoms with Gasteiger partial charge in [-0.05, 0) is 49.3 Å². The molecule has 0 aromatic heterocycles. The Kier molecular flexibility index (Phi) is 5.53. The monoisotopic (exact) mass is 352 g/mol. The Morgan fingerprint density at radius 2 is 1.71 bits per heavy atom. The molecule has 1 aliphatic carbocycles. The molecule has 0 spiro atoms. The zero-order valence-corrected chi connectivity index (χ0v) is 14.5. The van der Waals surface area contributed by atoms with Crippen LogP contribution in [-0.2, 0) is 19.6 Å². The Labute approximate surface area is 143 Å². The second-order valence-electron chi connectivity index (χ2n) is 6.50. The van der Waals surface area contributed by atoms with Gasteiger partial charge in [0.25, 0.3) is 15.9 Å². The highest BCUT2D eigenvalue weighted by molar-refractivity contribution is 7.89. The Morgan fingerprint density at radius 3 is 2.33 bits per heavy atom. The summed E-state index contributed by atoms with van der Waals surface area (Å²) in [4.78, 5) is 14.1. The summed E-state index contributed by atoms with van der Waals surface area (Å²) in [5.74, 6) is 0.0811. The van der Waals surface area contributed by atoms with Crippen LogP contribution >= 0.6 is 0 Å². The molecule has 1 unspecified atom stereocenters. The van der Waals surface area contributed by atoms with Crippen LogP contribution in [0.25, 0.3) is 0 Å². The maximum Gasteiger partial charge on any atom is 0.264 e. The fourth-order valence-electron chi connectivity index (χ4n) is 3.40. The highest BCUT2D eigenvalue weighted by Crippen LogP contribution is 2.32. The molecule has 1 heterocycles. The summed E-state index contributed by atoms with van der Waals surface area (Å²) >= 11 is 0. The topological polar surface area (TPSA) is 84.5 Å². The van der Waals surface area contributed by atoms with Crippen LogP contribution in [0.15, 0.2) is 29.2 Å². The lowest BCUT2D eigenvalue weighted by molar-refractivity contribution is -0.130. The van der Waals surface area contributed by atoms with Crippen molar-refractivity contribution >= 4 is 15.9 Å². The molecular formula is C17H24N2O4S. The van der Waals surface area contributed by atoms with Crippen molar-refractivity contribution in [3.8, 4) is 0 Å². The minimum Gasteiger partial charge on any atom is -0.368 e. The summed E-state index contributed by atoms with van der Waals surface area (Å²) in [6, 6.07) is 6.97. The molecule has 1 atom stereocenters. The van der Waals surface area contributed by atoms with Gasteiger partial charge in [-0.3, -0.25) is 10.2 Å². The summed E-state index contributed by atoms with van der Waals surface area (Å²) in [6.45, 7) is 0.535. The molecule has 1 aromatic rings. The second-order valence-corrected chi connectivity index (χ2v) is 8.18. The number of hydrazine groups is 1. The van der Waals surface area contributed by atoms with Crippen molar-refractivity contribution in [2.75, 3.05) is 6.61 Å². The van der Waals surface area contributed by atoms with Crippen molar-refractivity contribution in [2.24, 2.45) is 0 Å². The first-order chi connectivity index (χ1) is 11.6. The molecule has 6 nitrogen and oxygen atoms in total. The van der Waals surface area contributed by atoms with Crippen molar-refractivity contribution in [2.45, 2.75) is 61.9 Å². The fraction of sp³-hybridized carbons (Fsp3) is 0.588. The van der Waals surface area contributed by atoms with Gasteiger partial charge in [-0.2, -0.15) is 0 Å². The van der Waals surface area contributed by atoms with Crippen LogP contribution in [0.5, 0.6) is 0 Å². The van der Waals surface area contributed by atoms with Crippen LogP contribution < -0.4 is 10.3 Å². The van der Waals surface area contributed by atoms with Crippen molar-refractivity contribution in [1.29, 1.82) is 0 Å². The average Bonchev–Trinajstić information content (AvgIpc) is 3.15.